The highest BCUT2D eigenvalue weighted by molar-refractivity contribution is 7.89. The summed E-state index contributed by atoms with van der Waals surface area (Å²) in [6, 6.07) is 6.88. The number of nitrogens with two attached hydrogens (primary N) is 1. The lowest BCUT2D eigenvalue weighted by atomic mass is 10.2. The number of benzene rings is 1. The second-order valence-electron chi connectivity index (χ2n) is 6.27. The molecule has 3 heterocycles. The third kappa shape index (κ3) is 3.34. The Morgan fingerprint density at radius 3 is 2.54 bits per heavy atom. The highest BCUT2D eigenvalue weighted by Gasteiger charge is 2.30. The number of piperazine rings is 1. The fourth-order valence-electron chi connectivity index (χ4n) is 3.12. The van der Waals surface area contributed by atoms with Crippen molar-refractivity contribution in [2.75, 3.05) is 36.8 Å². The van der Waals surface area contributed by atoms with Gasteiger partial charge in [-0.2, -0.15) is 4.31 Å². The zero-order chi connectivity index (χ0) is 19.9. The second-order valence-corrected chi connectivity index (χ2v) is 8.62. The fraction of sp³-hybridized carbons (Fsp3) is 0.235. The molecule has 0 radical (unpaired) electrons. The van der Waals surface area contributed by atoms with Crippen LogP contribution in [0.3, 0.4) is 0 Å². The van der Waals surface area contributed by atoms with Crippen LogP contribution in [-0.4, -0.2) is 53.9 Å². The van der Waals surface area contributed by atoms with Crippen LogP contribution >= 0.6 is 11.6 Å². The van der Waals surface area contributed by atoms with Crippen molar-refractivity contribution >= 4 is 44.3 Å². The number of sulfonamides is 1. The van der Waals surface area contributed by atoms with Gasteiger partial charge >= 0.3 is 0 Å². The SMILES string of the molecule is Nc1ccc2c(N3CCN(S(=O)(=O)c4ccc(F)c(Cl)c4)CC3)ncnc2n1. The summed E-state index contributed by atoms with van der Waals surface area (Å²) >= 11 is 5.73. The zero-order valence-electron chi connectivity index (χ0n) is 14.6. The molecule has 146 valence electrons. The summed E-state index contributed by atoms with van der Waals surface area (Å²) in [5, 5.41) is 0.525. The van der Waals surface area contributed by atoms with Crippen LogP contribution in [0.15, 0.2) is 41.6 Å². The molecule has 3 aromatic rings. The minimum absolute atomic E-state index is 0.0282. The summed E-state index contributed by atoms with van der Waals surface area (Å²) in [5.41, 5.74) is 6.19. The van der Waals surface area contributed by atoms with Crippen molar-refractivity contribution in [2.45, 2.75) is 4.90 Å². The lowest BCUT2D eigenvalue weighted by Gasteiger charge is -2.35. The van der Waals surface area contributed by atoms with Gasteiger partial charge in [-0.05, 0) is 30.3 Å². The third-order valence-corrected chi connectivity index (χ3v) is 6.75. The van der Waals surface area contributed by atoms with Crippen molar-refractivity contribution in [1.29, 1.82) is 0 Å². The molecule has 8 nitrogen and oxygen atoms in total. The van der Waals surface area contributed by atoms with E-state index in [1.165, 1.54) is 16.7 Å². The summed E-state index contributed by atoms with van der Waals surface area (Å²) in [6.07, 6.45) is 1.41. The van der Waals surface area contributed by atoms with Crippen molar-refractivity contribution in [3.63, 3.8) is 0 Å². The number of aromatic nitrogens is 3. The Bertz CT molecular complexity index is 1150. The second kappa shape index (κ2) is 7.12. The minimum atomic E-state index is -3.76. The first-order chi connectivity index (χ1) is 13.4. The number of hydrogen-bond donors (Lipinski definition) is 1. The van der Waals surface area contributed by atoms with Crippen molar-refractivity contribution in [3.05, 3.63) is 47.5 Å². The van der Waals surface area contributed by atoms with E-state index >= 15 is 0 Å². The highest BCUT2D eigenvalue weighted by Crippen LogP contribution is 2.26. The smallest absolute Gasteiger partial charge is 0.243 e. The highest BCUT2D eigenvalue weighted by atomic mass is 35.5. The van der Waals surface area contributed by atoms with E-state index in [1.807, 2.05) is 4.90 Å². The molecule has 1 fully saturated rings. The Morgan fingerprint density at radius 1 is 1.07 bits per heavy atom. The van der Waals surface area contributed by atoms with Crippen LogP contribution in [-0.2, 0) is 10.0 Å². The molecule has 0 spiro atoms. The van der Waals surface area contributed by atoms with E-state index in [0.717, 1.165) is 17.5 Å². The molecular formula is C17H16ClFN6O2S. The van der Waals surface area contributed by atoms with Gasteiger partial charge in [0.1, 0.15) is 23.8 Å². The quantitative estimate of drug-likeness (QED) is 0.687. The summed E-state index contributed by atoms with van der Waals surface area (Å²) in [7, 11) is -3.76. The lowest BCUT2D eigenvalue weighted by molar-refractivity contribution is 0.384. The van der Waals surface area contributed by atoms with Crippen molar-refractivity contribution in [3.8, 4) is 0 Å². The Kier molecular flexibility index (Phi) is 4.77. The first-order valence-corrected chi connectivity index (χ1v) is 10.3. The lowest BCUT2D eigenvalue weighted by Crippen LogP contribution is -2.49. The van der Waals surface area contributed by atoms with E-state index in [9.17, 15) is 12.8 Å². The van der Waals surface area contributed by atoms with Crippen LogP contribution in [0.4, 0.5) is 16.0 Å². The summed E-state index contributed by atoms with van der Waals surface area (Å²) in [6.45, 7) is 1.38. The van der Waals surface area contributed by atoms with Crippen LogP contribution in [0.25, 0.3) is 11.0 Å². The molecule has 2 N–H and O–H groups in total. The Labute approximate surface area is 165 Å². The van der Waals surface area contributed by atoms with Gasteiger partial charge in [0.05, 0.1) is 15.3 Å². The van der Waals surface area contributed by atoms with Crippen LogP contribution in [0, 0.1) is 5.82 Å². The Hall–Kier alpha value is -2.56. The van der Waals surface area contributed by atoms with Crippen molar-refractivity contribution < 1.29 is 12.8 Å². The van der Waals surface area contributed by atoms with Gasteiger partial charge in [0.25, 0.3) is 0 Å². The number of anilines is 2. The molecule has 0 atom stereocenters. The monoisotopic (exact) mass is 422 g/mol. The molecular weight excluding hydrogens is 407 g/mol. The molecule has 1 aliphatic rings. The van der Waals surface area contributed by atoms with Gasteiger partial charge in [-0.3, -0.25) is 0 Å². The van der Waals surface area contributed by atoms with E-state index in [2.05, 4.69) is 15.0 Å². The number of fused-ring (bicyclic) bond motifs is 1. The summed E-state index contributed by atoms with van der Waals surface area (Å²) in [5.74, 6) is 0.390. The maximum Gasteiger partial charge on any atom is 0.243 e. The first-order valence-electron chi connectivity index (χ1n) is 8.43. The van der Waals surface area contributed by atoms with Crippen molar-refractivity contribution in [2.24, 2.45) is 0 Å². The molecule has 28 heavy (non-hydrogen) atoms. The molecule has 0 saturated carbocycles. The molecule has 2 aromatic heterocycles. The molecule has 1 aromatic carbocycles. The number of nitrogen functional groups attached to an aromatic ring is 1. The number of rotatable bonds is 3. The molecule has 0 unspecified atom stereocenters. The van der Waals surface area contributed by atoms with Gasteiger partial charge in [0.15, 0.2) is 5.65 Å². The fourth-order valence-corrected chi connectivity index (χ4v) is 4.82. The summed E-state index contributed by atoms with van der Waals surface area (Å²) < 4.78 is 40.3. The number of nitrogens with zero attached hydrogens (tertiary/aromatic N) is 5. The van der Waals surface area contributed by atoms with E-state index in [4.69, 9.17) is 17.3 Å². The van der Waals surface area contributed by atoms with E-state index < -0.39 is 15.8 Å². The Balaban J connectivity index is 1.56. The molecule has 0 amide bonds. The number of pyridine rings is 1. The maximum atomic E-state index is 13.3. The van der Waals surface area contributed by atoms with E-state index in [0.29, 0.717) is 30.4 Å². The summed E-state index contributed by atoms with van der Waals surface area (Å²) in [4.78, 5) is 14.6. The van der Waals surface area contributed by atoms with E-state index in [1.54, 1.807) is 12.1 Å². The molecule has 0 aliphatic carbocycles. The average molecular weight is 423 g/mol. The Morgan fingerprint density at radius 2 is 1.82 bits per heavy atom. The van der Waals surface area contributed by atoms with Gasteiger partial charge < -0.3 is 10.6 Å². The third-order valence-electron chi connectivity index (χ3n) is 4.56. The van der Waals surface area contributed by atoms with Gasteiger partial charge in [-0.1, -0.05) is 11.6 Å². The van der Waals surface area contributed by atoms with E-state index in [-0.39, 0.29) is 23.0 Å². The normalized spacial score (nSPS) is 15.9. The van der Waals surface area contributed by atoms with Crippen LogP contribution in [0.5, 0.6) is 0 Å². The van der Waals surface area contributed by atoms with Crippen LogP contribution in [0.1, 0.15) is 0 Å². The molecule has 11 heteroatoms. The predicted molar refractivity (Wildman–Crippen MR) is 104 cm³/mol. The van der Waals surface area contributed by atoms with Crippen molar-refractivity contribution in [1.82, 2.24) is 19.3 Å². The minimum Gasteiger partial charge on any atom is -0.384 e. The number of halogens is 2. The van der Waals surface area contributed by atoms with Gasteiger partial charge in [-0.15, -0.1) is 0 Å². The largest absolute Gasteiger partial charge is 0.384 e. The average Bonchev–Trinajstić information content (AvgIpc) is 2.69. The van der Waals surface area contributed by atoms with Crippen LogP contribution in [0.2, 0.25) is 5.02 Å². The predicted octanol–water partition coefficient (Wildman–Crippen LogP) is 1.91. The zero-order valence-corrected chi connectivity index (χ0v) is 16.2. The van der Waals surface area contributed by atoms with Gasteiger partial charge in [-0.25, -0.2) is 27.8 Å². The first kappa shape index (κ1) is 18.8. The molecule has 0 bridgehead atoms. The standard InChI is InChI=1S/C17H16ClFN6O2S/c18-13-9-11(1-3-14(13)19)28(26,27)25-7-5-24(6-8-25)17-12-2-4-15(20)23-16(12)21-10-22-17/h1-4,9-10H,5-8H2,(H2,20,21,22,23). The van der Waals surface area contributed by atoms with Gasteiger partial charge in [0.2, 0.25) is 10.0 Å². The maximum absolute atomic E-state index is 13.3. The molecule has 4 rings (SSSR count). The van der Waals surface area contributed by atoms with Crippen LogP contribution < -0.4 is 10.6 Å². The van der Waals surface area contributed by atoms with Gasteiger partial charge in [0, 0.05) is 26.2 Å². The number of hydrogen-bond acceptors (Lipinski definition) is 7. The molecule has 1 saturated heterocycles. The topological polar surface area (TPSA) is 105 Å². The molecule has 1 aliphatic heterocycles.